The standard InChI is InChI=1S/C20H21N3O3/c1-23(2)13-5-6-16-18(9-13)26-20(22)17(11-21)19(16)12-7-14(24-3)10-15(8-12)25-4/h5-10,19H,22H2,1-4H3/t19-/m1/s1. The number of benzene rings is 2. The molecule has 0 fully saturated rings. The van der Waals surface area contributed by atoms with Gasteiger partial charge in [-0.15, -0.1) is 0 Å². The van der Waals surface area contributed by atoms with Crippen molar-refractivity contribution < 1.29 is 14.2 Å². The first-order valence-electron chi connectivity index (χ1n) is 8.10. The molecule has 2 aromatic carbocycles. The predicted molar refractivity (Wildman–Crippen MR) is 99.6 cm³/mol. The van der Waals surface area contributed by atoms with E-state index < -0.39 is 0 Å². The highest BCUT2D eigenvalue weighted by atomic mass is 16.5. The summed E-state index contributed by atoms with van der Waals surface area (Å²) in [4.78, 5) is 1.98. The van der Waals surface area contributed by atoms with Crippen LogP contribution in [0.25, 0.3) is 0 Å². The molecule has 1 aliphatic heterocycles. The summed E-state index contributed by atoms with van der Waals surface area (Å²) in [6.45, 7) is 0. The summed E-state index contributed by atoms with van der Waals surface area (Å²) in [5, 5.41) is 9.68. The highest BCUT2D eigenvalue weighted by Gasteiger charge is 2.31. The second-order valence-corrected chi connectivity index (χ2v) is 6.19. The zero-order chi connectivity index (χ0) is 18.8. The van der Waals surface area contributed by atoms with E-state index in [1.807, 2.05) is 49.3 Å². The first-order valence-corrected chi connectivity index (χ1v) is 8.10. The van der Waals surface area contributed by atoms with Crippen molar-refractivity contribution in [3.8, 4) is 23.3 Å². The molecule has 1 atom stereocenters. The summed E-state index contributed by atoms with van der Waals surface area (Å²) in [5.41, 5.74) is 9.13. The molecule has 0 radical (unpaired) electrons. The number of allylic oxidation sites excluding steroid dienone is 1. The van der Waals surface area contributed by atoms with Gasteiger partial charge in [-0.2, -0.15) is 5.26 Å². The number of rotatable bonds is 4. The number of methoxy groups -OCH3 is 2. The smallest absolute Gasteiger partial charge is 0.205 e. The Labute approximate surface area is 153 Å². The second kappa shape index (κ2) is 6.89. The Morgan fingerprint density at radius 1 is 1.08 bits per heavy atom. The predicted octanol–water partition coefficient (Wildman–Crippen LogP) is 2.99. The first kappa shape index (κ1) is 17.5. The van der Waals surface area contributed by atoms with Crippen LogP contribution < -0.4 is 24.8 Å². The van der Waals surface area contributed by atoms with Crippen LogP contribution in [0.3, 0.4) is 0 Å². The topological polar surface area (TPSA) is 80.7 Å². The number of fused-ring (bicyclic) bond motifs is 1. The molecule has 0 saturated heterocycles. The third-order valence-corrected chi connectivity index (χ3v) is 4.43. The molecule has 134 valence electrons. The fourth-order valence-electron chi connectivity index (χ4n) is 3.06. The highest BCUT2D eigenvalue weighted by molar-refractivity contribution is 5.62. The van der Waals surface area contributed by atoms with E-state index in [1.165, 1.54) is 0 Å². The largest absolute Gasteiger partial charge is 0.497 e. The minimum atomic E-state index is -0.357. The van der Waals surface area contributed by atoms with E-state index in [2.05, 4.69) is 6.07 Å². The summed E-state index contributed by atoms with van der Waals surface area (Å²) in [6, 6.07) is 13.6. The highest BCUT2D eigenvalue weighted by Crippen LogP contribution is 2.44. The zero-order valence-electron chi connectivity index (χ0n) is 15.2. The summed E-state index contributed by atoms with van der Waals surface area (Å²) in [6.07, 6.45) is 0. The monoisotopic (exact) mass is 351 g/mol. The number of nitriles is 1. The quantitative estimate of drug-likeness (QED) is 0.912. The third kappa shape index (κ3) is 3.00. The van der Waals surface area contributed by atoms with Crippen molar-refractivity contribution in [1.29, 1.82) is 5.26 Å². The Balaban J connectivity index is 2.21. The number of hydrogen-bond donors (Lipinski definition) is 1. The Morgan fingerprint density at radius 3 is 2.27 bits per heavy atom. The van der Waals surface area contributed by atoms with Gasteiger partial charge in [0.05, 0.1) is 20.1 Å². The lowest BCUT2D eigenvalue weighted by Gasteiger charge is -2.28. The lowest BCUT2D eigenvalue weighted by Crippen LogP contribution is -2.21. The maximum atomic E-state index is 9.68. The molecule has 0 saturated carbocycles. The molecular formula is C20H21N3O3. The van der Waals surface area contributed by atoms with Crippen LogP contribution in [0.4, 0.5) is 5.69 Å². The molecule has 3 rings (SSSR count). The Kier molecular flexibility index (Phi) is 4.63. The van der Waals surface area contributed by atoms with Crippen molar-refractivity contribution in [1.82, 2.24) is 0 Å². The summed E-state index contributed by atoms with van der Waals surface area (Å²) < 4.78 is 16.5. The fourth-order valence-corrected chi connectivity index (χ4v) is 3.06. The van der Waals surface area contributed by atoms with Gasteiger partial charge in [0.25, 0.3) is 0 Å². The summed E-state index contributed by atoms with van der Waals surface area (Å²) in [5.74, 6) is 1.69. The molecule has 0 bridgehead atoms. The lowest BCUT2D eigenvalue weighted by molar-refractivity contribution is 0.387. The van der Waals surface area contributed by atoms with Crippen molar-refractivity contribution >= 4 is 5.69 Å². The normalized spacial score (nSPS) is 15.6. The van der Waals surface area contributed by atoms with Crippen LogP contribution in [0.15, 0.2) is 47.9 Å². The maximum absolute atomic E-state index is 9.68. The van der Waals surface area contributed by atoms with Crippen molar-refractivity contribution in [3.05, 3.63) is 59.0 Å². The van der Waals surface area contributed by atoms with Crippen LogP contribution >= 0.6 is 0 Å². The van der Waals surface area contributed by atoms with Crippen LogP contribution in [-0.2, 0) is 0 Å². The molecule has 0 unspecified atom stereocenters. The first-order chi connectivity index (χ1) is 12.5. The van der Waals surface area contributed by atoms with Crippen LogP contribution in [0.5, 0.6) is 17.2 Å². The van der Waals surface area contributed by atoms with Gasteiger partial charge in [-0.1, -0.05) is 6.07 Å². The fraction of sp³-hybridized carbons (Fsp3) is 0.250. The molecule has 0 aromatic heterocycles. The van der Waals surface area contributed by atoms with E-state index in [0.29, 0.717) is 22.8 Å². The lowest BCUT2D eigenvalue weighted by atomic mass is 9.83. The van der Waals surface area contributed by atoms with Crippen LogP contribution in [0.1, 0.15) is 17.0 Å². The van der Waals surface area contributed by atoms with E-state index in [1.54, 1.807) is 20.3 Å². The number of hydrogen-bond acceptors (Lipinski definition) is 6. The second-order valence-electron chi connectivity index (χ2n) is 6.19. The molecule has 1 aliphatic rings. The average Bonchev–Trinajstić information content (AvgIpc) is 2.65. The number of anilines is 1. The van der Waals surface area contributed by atoms with Gasteiger partial charge in [-0.25, -0.2) is 0 Å². The van der Waals surface area contributed by atoms with Crippen molar-refractivity contribution in [2.75, 3.05) is 33.2 Å². The SMILES string of the molecule is COc1cc(OC)cc([C@H]2C(C#N)=C(N)Oc3cc(N(C)C)ccc32)c1. The van der Waals surface area contributed by atoms with Gasteiger partial charge in [0.2, 0.25) is 5.88 Å². The van der Waals surface area contributed by atoms with Gasteiger partial charge in [0.1, 0.15) is 28.9 Å². The molecule has 0 spiro atoms. The number of nitrogens with two attached hydrogens (primary N) is 1. The molecule has 26 heavy (non-hydrogen) atoms. The molecule has 6 heteroatoms. The van der Waals surface area contributed by atoms with E-state index >= 15 is 0 Å². The molecule has 0 aliphatic carbocycles. The molecule has 6 nitrogen and oxygen atoms in total. The maximum Gasteiger partial charge on any atom is 0.205 e. The minimum absolute atomic E-state index is 0.114. The van der Waals surface area contributed by atoms with E-state index in [9.17, 15) is 5.26 Å². The van der Waals surface area contributed by atoms with Gasteiger partial charge in [0.15, 0.2) is 0 Å². The van der Waals surface area contributed by atoms with Gasteiger partial charge in [-0.3, -0.25) is 0 Å². The molecule has 2 aromatic rings. The van der Waals surface area contributed by atoms with Crippen LogP contribution in [-0.4, -0.2) is 28.3 Å². The average molecular weight is 351 g/mol. The van der Waals surface area contributed by atoms with Gasteiger partial charge < -0.3 is 24.8 Å². The van der Waals surface area contributed by atoms with Crippen molar-refractivity contribution in [2.45, 2.75) is 5.92 Å². The van der Waals surface area contributed by atoms with Gasteiger partial charge in [-0.05, 0) is 23.8 Å². The van der Waals surface area contributed by atoms with Gasteiger partial charge >= 0.3 is 0 Å². The number of nitrogens with zero attached hydrogens (tertiary/aromatic N) is 2. The molecule has 1 heterocycles. The van der Waals surface area contributed by atoms with Crippen LogP contribution in [0.2, 0.25) is 0 Å². The third-order valence-electron chi connectivity index (χ3n) is 4.43. The molecule has 2 N–H and O–H groups in total. The van der Waals surface area contributed by atoms with E-state index in [0.717, 1.165) is 16.8 Å². The van der Waals surface area contributed by atoms with E-state index in [-0.39, 0.29) is 11.8 Å². The van der Waals surface area contributed by atoms with Crippen molar-refractivity contribution in [2.24, 2.45) is 5.73 Å². The van der Waals surface area contributed by atoms with Crippen LogP contribution in [0, 0.1) is 11.3 Å². The molecular weight excluding hydrogens is 330 g/mol. The minimum Gasteiger partial charge on any atom is -0.497 e. The summed E-state index contributed by atoms with van der Waals surface area (Å²) in [7, 11) is 7.09. The molecule has 0 amide bonds. The number of ether oxygens (including phenoxy) is 3. The van der Waals surface area contributed by atoms with Gasteiger partial charge in [0, 0.05) is 37.5 Å². The van der Waals surface area contributed by atoms with Crippen molar-refractivity contribution in [3.63, 3.8) is 0 Å². The Bertz CT molecular complexity index is 891. The van der Waals surface area contributed by atoms with E-state index in [4.69, 9.17) is 19.9 Å². The summed E-state index contributed by atoms with van der Waals surface area (Å²) >= 11 is 0. The Morgan fingerprint density at radius 2 is 1.73 bits per heavy atom. The Hall–Kier alpha value is -3.33. The zero-order valence-corrected chi connectivity index (χ0v) is 15.2.